The Morgan fingerprint density at radius 2 is 1.80 bits per heavy atom. The van der Waals surface area contributed by atoms with Crippen molar-refractivity contribution in [2.45, 2.75) is 45.4 Å². The lowest BCUT2D eigenvalue weighted by molar-refractivity contribution is -0.113. The molecule has 0 aliphatic heterocycles. The molecule has 0 unspecified atom stereocenters. The van der Waals surface area contributed by atoms with Gasteiger partial charge in [-0.25, -0.2) is 0 Å². The molecule has 9 heteroatoms. The molecule has 8 nitrogen and oxygen atoms in total. The minimum Gasteiger partial charge on any atom is -0.497 e. The normalized spacial score (nSPS) is 11.6. The Morgan fingerprint density at radius 3 is 2.40 bits per heavy atom. The Hall–Kier alpha value is -3.59. The highest BCUT2D eigenvalue weighted by molar-refractivity contribution is 7.99. The number of hydrogen-bond acceptors (Lipinski definition) is 6. The molecule has 0 aliphatic carbocycles. The first-order chi connectivity index (χ1) is 16.7. The predicted molar refractivity (Wildman–Crippen MR) is 139 cm³/mol. The number of aryl methyl sites for hydroxylation is 3. The van der Waals surface area contributed by atoms with Crippen molar-refractivity contribution in [3.63, 3.8) is 0 Å². The molecule has 0 saturated heterocycles. The smallest absolute Gasteiger partial charge is 0.251 e. The SMILES string of the molecule is C=CCn1c(SCC(=O)Nc2c(C)cc(C)cc2C)nnc1[C@H](C)NC(=O)c1ccc(OC)cc1. The van der Waals surface area contributed by atoms with E-state index in [9.17, 15) is 9.59 Å². The standard InChI is InChI=1S/C26H31N5O3S/c1-7-12-31-24(19(5)27-25(33)20-8-10-21(34-6)11-9-20)29-30-26(31)35-15-22(32)28-23-17(3)13-16(2)14-18(23)4/h7-11,13-14,19H,1,12,15H2,2-6H3,(H,27,33)(H,28,32)/t19-/m0/s1. The molecule has 0 bridgehead atoms. The third-order valence-corrected chi connectivity index (χ3v) is 6.38. The van der Waals surface area contributed by atoms with Gasteiger partial charge < -0.3 is 19.9 Å². The minimum absolute atomic E-state index is 0.124. The van der Waals surface area contributed by atoms with Crippen molar-refractivity contribution in [1.29, 1.82) is 0 Å². The summed E-state index contributed by atoms with van der Waals surface area (Å²) in [6.07, 6.45) is 1.73. The number of benzene rings is 2. The zero-order valence-corrected chi connectivity index (χ0v) is 21.5. The number of hydrogen-bond donors (Lipinski definition) is 2. The maximum absolute atomic E-state index is 12.7. The van der Waals surface area contributed by atoms with Gasteiger partial charge in [0, 0.05) is 17.8 Å². The Labute approximate surface area is 210 Å². The fourth-order valence-electron chi connectivity index (χ4n) is 3.80. The minimum atomic E-state index is -0.405. The Balaban J connectivity index is 1.68. The Bertz CT molecular complexity index is 1200. The average molecular weight is 494 g/mol. The van der Waals surface area contributed by atoms with E-state index in [4.69, 9.17) is 4.74 Å². The van der Waals surface area contributed by atoms with Gasteiger partial charge in [-0.05, 0) is 63.1 Å². The molecule has 0 radical (unpaired) electrons. The lowest BCUT2D eigenvalue weighted by atomic mass is 10.1. The van der Waals surface area contributed by atoms with Crippen LogP contribution in [0.25, 0.3) is 0 Å². The molecule has 2 aromatic carbocycles. The van der Waals surface area contributed by atoms with Crippen LogP contribution in [0.15, 0.2) is 54.2 Å². The summed E-state index contributed by atoms with van der Waals surface area (Å²) in [6.45, 7) is 12.1. The van der Waals surface area contributed by atoms with Gasteiger partial charge >= 0.3 is 0 Å². The van der Waals surface area contributed by atoms with Gasteiger partial charge in [0.15, 0.2) is 11.0 Å². The Kier molecular flexibility index (Phi) is 8.70. The number of aromatic nitrogens is 3. The zero-order valence-electron chi connectivity index (χ0n) is 20.7. The average Bonchev–Trinajstić information content (AvgIpc) is 3.23. The first-order valence-corrected chi connectivity index (χ1v) is 12.2. The second-order valence-electron chi connectivity index (χ2n) is 8.27. The molecular formula is C26H31N5O3S. The number of anilines is 1. The van der Waals surface area contributed by atoms with E-state index in [1.54, 1.807) is 37.5 Å². The van der Waals surface area contributed by atoms with Gasteiger partial charge in [-0.1, -0.05) is 35.5 Å². The summed E-state index contributed by atoms with van der Waals surface area (Å²) in [7, 11) is 1.58. The second kappa shape index (κ2) is 11.7. The summed E-state index contributed by atoms with van der Waals surface area (Å²) in [5.74, 6) is 1.08. The third-order valence-electron chi connectivity index (χ3n) is 5.42. The maximum Gasteiger partial charge on any atom is 0.251 e. The van der Waals surface area contributed by atoms with Crippen molar-refractivity contribution < 1.29 is 14.3 Å². The number of carbonyl (C=O) groups excluding carboxylic acids is 2. The molecule has 2 amide bonds. The molecule has 0 fully saturated rings. The molecule has 3 rings (SSSR count). The number of rotatable bonds is 10. The van der Waals surface area contributed by atoms with E-state index in [-0.39, 0.29) is 17.6 Å². The zero-order chi connectivity index (χ0) is 25.5. The molecule has 0 aliphatic rings. The lowest BCUT2D eigenvalue weighted by Gasteiger charge is -2.15. The summed E-state index contributed by atoms with van der Waals surface area (Å²) in [5, 5.41) is 15.1. The predicted octanol–water partition coefficient (Wildman–Crippen LogP) is 4.62. The van der Waals surface area contributed by atoms with Gasteiger partial charge in [-0.3, -0.25) is 9.59 Å². The van der Waals surface area contributed by atoms with Crippen LogP contribution in [-0.2, 0) is 11.3 Å². The van der Waals surface area contributed by atoms with Crippen LogP contribution >= 0.6 is 11.8 Å². The van der Waals surface area contributed by atoms with Crippen molar-refractivity contribution in [2.75, 3.05) is 18.2 Å². The van der Waals surface area contributed by atoms with Crippen molar-refractivity contribution in [1.82, 2.24) is 20.1 Å². The van der Waals surface area contributed by atoms with E-state index >= 15 is 0 Å². The first-order valence-electron chi connectivity index (χ1n) is 11.2. The van der Waals surface area contributed by atoms with Crippen LogP contribution in [0.5, 0.6) is 5.75 Å². The Morgan fingerprint density at radius 1 is 1.14 bits per heavy atom. The fraction of sp³-hybridized carbons (Fsp3) is 0.308. The van der Waals surface area contributed by atoms with Gasteiger partial charge in [0.1, 0.15) is 5.75 Å². The maximum atomic E-state index is 12.7. The van der Waals surface area contributed by atoms with Crippen LogP contribution in [-0.4, -0.2) is 39.4 Å². The van der Waals surface area contributed by atoms with E-state index < -0.39 is 6.04 Å². The molecule has 0 saturated carbocycles. The molecule has 0 spiro atoms. The summed E-state index contributed by atoms with van der Waals surface area (Å²) >= 11 is 1.29. The van der Waals surface area contributed by atoms with E-state index in [1.165, 1.54) is 11.8 Å². The summed E-state index contributed by atoms with van der Waals surface area (Å²) in [6, 6.07) is 10.6. The van der Waals surface area contributed by atoms with E-state index in [1.807, 2.05) is 44.4 Å². The number of ether oxygens (including phenoxy) is 1. The van der Waals surface area contributed by atoms with Gasteiger partial charge in [0.25, 0.3) is 5.91 Å². The molecule has 35 heavy (non-hydrogen) atoms. The lowest BCUT2D eigenvalue weighted by Crippen LogP contribution is -2.28. The molecule has 1 atom stereocenters. The number of allylic oxidation sites excluding steroid dienone is 1. The molecule has 1 heterocycles. The number of thioether (sulfide) groups is 1. The summed E-state index contributed by atoms with van der Waals surface area (Å²) in [4.78, 5) is 25.3. The van der Waals surface area contributed by atoms with Crippen molar-refractivity contribution >= 4 is 29.3 Å². The van der Waals surface area contributed by atoms with Gasteiger partial charge in [-0.2, -0.15) is 0 Å². The van der Waals surface area contributed by atoms with Crippen LogP contribution in [0.1, 0.15) is 45.8 Å². The van der Waals surface area contributed by atoms with E-state index in [2.05, 4.69) is 27.4 Å². The summed E-state index contributed by atoms with van der Waals surface area (Å²) in [5.41, 5.74) is 4.56. The van der Waals surface area contributed by atoms with Crippen LogP contribution in [0.3, 0.4) is 0 Å². The third kappa shape index (κ3) is 6.51. The second-order valence-corrected chi connectivity index (χ2v) is 9.22. The topological polar surface area (TPSA) is 98.1 Å². The molecule has 2 N–H and O–H groups in total. The largest absolute Gasteiger partial charge is 0.497 e. The quantitative estimate of drug-likeness (QED) is 0.316. The number of carbonyl (C=O) groups is 2. The highest BCUT2D eigenvalue weighted by Crippen LogP contribution is 2.24. The van der Waals surface area contributed by atoms with E-state index in [0.29, 0.717) is 28.8 Å². The highest BCUT2D eigenvalue weighted by atomic mass is 32.2. The van der Waals surface area contributed by atoms with Crippen LogP contribution in [0.2, 0.25) is 0 Å². The number of amides is 2. The van der Waals surface area contributed by atoms with E-state index in [0.717, 1.165) is 22.4 Å². The van der Waals surface area contributed by atoms with Gasteiger partial charge in [0.05, 0.1) is 18.9 Å². The van der Waals surface area contributed by atoms with Gasteiger partial charge in [0.2, 0.25) is 5.91 Å². The van der Waals surface area contributed by atoms with Crippen molar-refractivity contribution in [3.8, 4) is 5.75 Å². The number of nitrogens with zero attached hydrogens (tertiary/aromatic N) is 3. The summed E-state index contributed by atoms with van der Waals surface area (Å²) < 4.78 is 6.99. The fourth-order valence-corrected chi connectivity index (χ4v) is 4.55. The number of nitrogens with one attached hydrogen (secondary N) is 2. The van der Waals surface area contributed by atoms with Crippen molar-refractivity contribution in [3.05, 3.63) is 77.1 Å². The van der Waals surface area contributed by atoms with Crippen molar-refractivity contribution in [2.24, 2.45) is 0 Å². The van der Waals surface area contributed by atoms with Crippen LogP contribution in [0.4, 0.5) is 5.69 Å². The monoisotopic (exact) mass is 493 g/mol. The molecule has 1 aromatic heterocycles. The molecule has 3 aromatic rings. The van der Waals surface area contributed by atoms with Crippen LogP contribution in [0, 0.1) is 20.8 Å². The first kappa shape index (κ1) is 26.0. The molecular weight excluding hydrogens is 462 g/mol. The molecule has 184 valence electrons. The van der Waals surface area contributed by atoms with Gasteiger partial charge in [-0.15, -0.1) is 16.8 Å². The number of methoxy groups -OCH3 is 1. The van der Waals surface area contributed by atoms with Crippen LogP contribution < -0.4 is 15.4 Å². The highest BCUT2D eigenvalue weighted by Gasteiger charge is 2.21.